The predicted octanol–water partition coefficient (Wildman–Crippen LogP) is 0.529. The molecule has 6 heteroatoms. The second kappa shape index (κ2) is 4.57. The highest BCUT2D eigenvalue weighted by molar-refractivity contribution is 7.95. The number of hydrogen-bond acceptors (Lipinski definition) is 5. The number of rotatable bonds is 4. The van der Waals surface area contributed by atoms with E-state index in [1.54, 1.807) is 0 Å². The Balaban J connectivity index is 3.27. The molecule has 0 aliphatic rings. The zero-order valence-corrected chi connectivity index (χ0v) is 5.42. The molecule has 0 saturated carbocycles. The normalized spacial score (nSPS) is 13.1. The van der Waals surface area contributed by atoms with Gasteiger partial charge in [-0.25, -0.2) is 5.26 Å². The van der Waals surface area contributed by atoms with E-state index < -0.39 is 11.2 Å². The van der Waals surface area contributed by atoms with Crippen LogP contribution in [0.2, 0.25) is 0 Å². The minimum absolute atomic E-state index is 0.513. The summed E-state index contributed by atoms with van der Waals surface area (Å²) in [6.07, 6.45) is 0. The molecule has 54 valence electrons. The zero-order chi connectivity index (χ0) is 7.28. The number of hydrogen-bond donors (Lipinski definition) is 2. The van der Waals surface area contributed by atoms with E-state index in [2.05, 4.69) is 9.37 Å². The van der Waals surface area contributed by atoms with Crippen LogP contribution in [0, 0.1) is 0 Å². The second-order valence-corrected chi connectivity index (χ2v) is 2.25. The summed E-state index contributed by atoms with van der Waals surface area (Å²) in [6.45, 7) is 1.39. The SMILES string of the molecule is CC(SOOO)C(=O)O. The van der Waals surface area contributed by atoms with Crippen LogP contribution in [0.15, 0.2) is 0 Å². The van der Waals surface area contributed by atoms with E-state index in [1.165, 1.54) is 6.92 Å². The molecule has 1 atom stereocenters. The summed E-state index contributed by atoms with van der Waals surface area (Å²) in [5.41, 5.74) is 0. The first-order chi connectivity index (χ1) is 4.18. The number of aliphatic carboxylic acids is 1. The molecule has 0 radical (unpaired) electrons. The molecule has 0 heterocycles. The summed E-state index contributed by atoms with van der Waals surface area (Å²) in [5.74, 6) is -1.03. The van der Waals surface area contributed by atoms with E-state index >= 15 is 0 Å². The molecule has 0 amide bonds. The van der Waals surface area contributed by atoms with Crippen LogP contribution >= 0.6 is 12.0 Å². The lowest BCUT2D eigenvalue weighted by Gasteiger charge is -1.99. The van der Waals surface area contributed by atoms with Crippen LogP contribution in [-0.2, 0) is 14.2 Å². The molecule has 0 aliphatic carbocycles. The van der Waals surface area contributed by atoms with Gasteiger partial charge in [-0.1, -0.05) is 5.04 Å². The first kappa shape index (κ1) is 8.70. The largest absolute Gasteiger partial charge is 0.480 e. The van der Waals surface area contributed by atoms with Crippen LogP contribution in [0.4, 0.5) is 0 Å². The monoisotopic (exact) mass is 154 g/mol. The maximum Gasteiger partial charge on any atom is 0.318 e. The number of carboxylic acid groups (broad SMARTS) is 1. The third-order valence-electron chi connectivity index (χ3n) is 0.562. The molecule has 9 heavy (non-hydrogen) atoms. The Bertz CT molecular complexity index is 94.2. The van der Waals surface area contributed by atoms with E-state index in [4.69, 9.17) is 10.4 Å². The molecular weight excluding hydrogens is 148 g/mol. The van der Waals surface area contributed by atoms with Gasteiger partial charge in [-0.3, -0.25) is 4.79 Å². The number of carbonyl (C=O) groups is 1. The van der Waals surface area contributed by atoms with E-state index in [-0.39, 0.29) is 0 Å². The lowest BCUT2D eigenvalue weighted by molar-refractivity contribution is -0.432. The van der Waals surface area contributed by atoms with Gasteiger partial charge in [0.05, 0.1) is 0 Å². The maximum absolute atomic E-state index is 9.97. The summed E-state index contributed by atoms with van der Waals surface area (Å²) < 4.78 is 3.85. The minimum Gasteiger partial charge on any atom is -0.480 e. The predicted molar refractivity (Wildman–Crippen MR) is 29.5 cm³/mol. The van der Waals surface area contributed by atoms with Gasteiger partial charge in [0.25, 0.3) is 0 Å². The van der Waals surface area contributed by atoms with Gasteiger partial charge in [0.1, 0.15) is 5.25 Å². The first-order valence-electron chi connectivity index (χ1n) is 2.05. The molecule has 0 saturated heterocycles. The van der Waals surface area contributed by atoms with E-state index in [1.807, 2.05) is 0 Å². The second-order valence-electron chi connectivity index (χ2n) is 1.22. The van der Waals surface area contributed by atoms with E-state index in [0.717, 1.165) is 0 Å². The molecule has 0 aromatic rings. The summed E-state index contributed by atoms with van der Waals surface area (Å²) in [5, 5.41) is 18.1. The van der Waals surface area contributed by atoms with Crippen molar-refractivity contribution in [1.82, 2.24) is 0 Å². The van der Waals surface area contributed by atoms with Gasteiger partial charge >= 0.3 is 5.97 Å². The fourth-order valence-electron chi connectivity index (χ4n) is 0.118. The van der Waals surface area contributed by atoms with Crippen molar-refractivity contribution in [2.75, 3.05) is 0 Å². The van der Waals surface area contributed by atoms with Crippen LogP contribution in [-0.4, -0.2) is 21.6 Å². The van der Waals surface area contributed by atoms with Crippen LogP contribution < -0.4 is 0 Å². The van der Waals surface area contributed by atoms with Gasteiger partial charge < -0.3 is 5.11 Å². The van der Waals surface area contributed by atoms with Crippen molar-refractivity contribution in [3.63, 3.8) is 0 Å². The quantitative estimate of drug-likeness (QED) is 0.349. The van der Waals surface area contributed by atoms with Crippen molar-refractivity contribution in [3.05, 3.63) is 0 Å². The Morgan fingerprint density at radius 1 is 1.78 bits per heavy atom. The standard InChI is InChI=1S/C3H6O5S/c1-2(3(4)5)9-8-7-6/h2,6H,1H3,(H,4,5). The Labute approximate surface area is 55.6 Å². The minimum atomic E-state index is -1.03. The summed E-state index contributed by atoms with van der Waals surface area (Å²) in [6, 6.07) is 0. The van der Waals surface area contributed by atoms with Gasteiger partial charge in [0, 0.05) is 12.0 Å². The Hall–Kier alpha value is -0.300. The topological polar surface area (TPSA) is 76.0 Å². The van der Waals surface area contributed by atoms with Crippen molar-refractivity contribution in [1.29, 1.82) is 0 Å². The van der Waals surface area contributed by atoms with E-state index in [0.29, 0.717) is 12.0 Å². The van der Waals surface area contributed by atoms with E-state index in [9.17, 15) is 4.79 Å². The van der Waals surface area contributed by atoms with Crippen LogP contribution in [0.5, 0.6) is 0 Å². The lowest BCUT2D eigenvalue weighted by Crippen LogP contribution is -2.11. The molecule has 0 bridgehead atoms. The molecule has 1 unspecified atom stereocenters. The van der Waals surface area contributed by atoms with Gasteiger partial charge in [-0.15, -0.1) is 4.33 Å². The maximum atomic E-state index is 9.97. The molecule has 0 aromatic heterocycles. The average Bonchev–Trinajstić information content (AvgIpc) is 1.82. The summed E-state index contributed by atoms with van der Waals surface area (Å²) >= 11 is 0.513. The smallest absolute Gasteiger partial charge is 0.318 e. The van der Waals surface area contributed by atoms with Crippen LogP contribution in [0.1, 0.15) is 6.92 Å². The molecule has 0 aromatic carbocycles. The third kappa shape index (κ3) is 4.22. The molecule has 0 rings (SSSR count). The van der Waals surface area contributed by atoms with Crippen molar-refractivity contribution in [2.45, 2.75) is 12.2 Å². The molecule has 5 nitrogen and oxygen atoms in total. The van der Waals surface area contributed by atoms with Crippen molar-refractivity contribution in [3.8, 4) is 0 Å². The third-order valence-corrected chi connectivity index (χ3v) is 1.19. The first-order valence-corrected chi connectivity index (χ1v) is 2.85. The van der Waals surface area contributed by atoms with Crippen molar-refractivity contribution in [2.24, 2.45) is 0 Å². The molecule has 0 aliphatic heterocycles. The van der Waals surface area contributed by atoms with Crippen LogP contribution in [0.25, 0.3) is 0 Å². The fraction of sp³-hybridized carbons (Fsp3) is 0.667. The highest BCUT2D eigenvalue weighted by Crippen LogP contribution is 2.10. The highest BCUT2D eigenvalue weighted by atomic mass is 32.2. The summed E-state index contributed by atoms with van der Waals surface area (Å²) in [7, 11) is 0. The highest BCUT2D eigenvalue weighted by Gasteiger charge is 2.12. The lowest BCUT2D eigenvalue weighted by atomic mass is 10.5. The van der Waals surface area contributed by atoms with Crippen LogP contribution in [0.3, 0.4) is 0 Å². The van der Waals surface area contributed by atoms with Gasteiger partial charge in [0.15, 0.2) is 0 Å². The molecule has 2 N–H and O–H groups in total. The molecule has 0 spiro atoms. The van der Waals surface area contributed by atoms with Gasteiger partial charge in [-0.05, 0) is 6.92 Å². The Kier molecular flexibility index (Phi) is 4.41. The van der Waals surface area contributed by atoms with Crippen molar-refractivity contribution < 1.29 is 24.5 Å². The molecular formula is C3H6O5S. The average molecular weight is 154 g/mol. The summed E-state index contributed by atoms with van der Waals surface area (Å²) in [4.78, 5) is 9.97. The Morgan fingerprint density at radius 2 is 2.33 bits per heavy atom. The molecule has 0 fully saturated rings. The fourth-order valence-corrected chi connectivity index (χ4v) is 0.353. The zero-order valence-electron chi connectivity index (χ0n) is 4.60. The van der Waals surface area contributed by atoms with Gasteiger partial charge in [0.2, 0.25) is 0 Å². The van der Waals surface area contributed by atoms with Crippen molar-refractivity contribution >= 4 is 18.0 Å². The number of carboxylic acids is 1. The van der Waals surface area contributed by atoms with Gasteiger partial charge in [-0.2, -0.15) is 0 Å². The Morgan fingerprint density at radius 3 is 2.67 bits per heavy atom.